The largest absolute Gasteiger partial charge is 0.342 e. The zero-order valence-corrected chi connectivity index (χ0v) is 10.4. The SMILES string of the molecule is CCCC(=O)OS(=O)(=O)c1ccccc1.Cl. The summed E-state index contributed by atoms with van der Waals surface area (Å²) in [5.74, 6) is -0.721. The second-order valence-corrected chi connectivity index (χ2v) is 4.52. The predicted octanol–water partition coefficient (Wildman–Crippen LogP) is 2.14. The predicted molar refractivity (Wildman–Crippen MR) is 61.9 cm³/mol. The van der Waals surface area contributed by atoms with E-state index in [-0.39, 0.29) is 23.7 Å². The Kier molecular flexibility index (Phi) is 6.06. The van der Waals surface area contributed by atoms with Gasteiger partial charge < -0.3 is 4.18 Å². The molecule has 0 spiro atoms. The lowest BCUT2D eigenvalue weighted by molar-refractivity contribution is -0.133. The quantitative estimate of drug-likeness (QED) is 0.782. The van der Waals surface area contributed by atoms with Crippen molar-refractivity contribution in [3.05, 3.63) is 30.3 Å². The zero-order chi connectivity index (χ0) is 11.3. The number of carbonyl (C=O) groups is 1. The number of halogens is 1. The summed E-state index contributed by atoms with van der Waals surface area (Å²) in [7, 11) is -3.93. The molecule has 0 aliphatic carbocycles. The maximum Gasteiger partial charge on any atom is 0.341 e. The van der Waals surface area contributed by atoms with E-state index in [1.54, 1.807) is 25.1 Å². The van der Waals surface area contributed by atoms with Crippen LogP contribution >= 0.6 is 12.4 Å². The Morgan fingerprint density at radius 2 is 1.81 bits per heavy atom. The summed E-state index contributed by atoms with van der Waals surface area (Å²) in [6.45, 7) is 1.77. The van der Waals surface area contributed by atoms with Gasteiger partial charge in [0, 0.05) is 6.42 Å². The molecule has 0 bridgehead atoms. The fraction of sp³-hybridized carbons (Fsp3) is 0.300. The molecule has 0 radical (unpaired) electrons. The molecule has 0 saturated carbocycles. The normalized spacial score (nSPS) is 10.3. The molecular formula is C10H13ClO4S. The Morgan fingerprint density at radius 3 is 2.31 bits per heavy atom. The molecule has 16 heavy (non-hydrogen) atoms. The van der Waals surface area contributed by atoms with Gasteiger partial charge in [-0.2, -0.15) is 8.42 Å². The van der Waals surface area contributed by atoms with Gasteiger partial charge in [0.2, 0.25) is 0 Å². The molecule has 1 aromatic carbocycles. The van der Waals surface area contributed by atoms with Crippen LogP contribution < -0.4 is 0 Å². The summed E-state index contributed by atoms with van der Waals surface area (Å²) in [5, 5.41) is 0. The molecule has 6 heteroatoms. The Labute approximate surface area is 101 Å². The van der Waals surface area contributed by atoms with Crippen molar-refractivity contribution < 1.29 is 17.4 Å². The smallest absolute Gasteiger partial charge is 0.341 e. The van der Waals surface area contributed by atoms with Crippen LogP contribution in [0.15, 0.2) is 35.2 Å². The van der Waals surface area contributed by atoms with Crippen LogP contribution in [0.3, 0.4) is 0 Å². The Morgan fingerprint density at radius 1 is 1.25 bits per heavy atom. The first-order valence-electron chi connectivity index (χ1n) is 4.58. The minimum atomic E-state index is -3.93. The minimum Gasteiger partial charge on any atom is -0.342 e. The molecule has 4 nitrogen and oxygen atoms in total. The van der Waals surface area contributed by atoms with Gasteiger partial charge in [-0.25, -0.2) is 0 Å². The van der Waals surface area contributed by atoms with Crippen molar-refractivity contribution in [2.75, 3.05) is 0 Å². The first-order valence-corrected chi connectivity index (χ1v) is 5.99. The van der Waals surface area contributed by atoms with Gasteiger partial charge in [-0.3, -0.25) is 4.79 Å². The third-order valence-corrected chi connectivity index (χ3v) is 2.94. The molecule has 0 aliphatic heterocycles. The second kappa shape index (κ2) is 6.50. The Balaban J connectivity index is 0.00000225. The van der Waals surface area contributed by atoms with E-state index in [4.69, 9.17) is 0 Å². The first-order chi connectivity index (χ1) is 7.06. The highest BCUT2D eigenvalue weighted by atomic mass is 35.5. The molecule has 0 amide bonds. The molecule has 0 unspecified atom stereocenters. The highest BCUT2D eigenvalue weighted by Gasteiger charge is 2.18. The third-order valence-electron chi connectivity index (χ3n) is 1.69. The summed E-state index contributed by atoms with van der Waals surface area (Å²) >= 11 is 0. The molecule has 0 heterocycles. The van der Waals surface area contributed by atoms with Crippen LogP contribution in [0.2, 0.25) is 0 Å². The van der Waals surface area contributed by atoms with E-state index in [2.05, 4.69) is 4.18 Å². The molecule has 1 aromatic rings. The van der Waals surface area contributed by atoms with Crippen LogP contribution in [0.5, 0.6) is 0 Å². The molecule has 0 aromatic heterocycles. The number of carbonyl (C=O) groups excluding carboxylic acids is 1. The van der Waals surface area contributed by atoms with Crippen LogP contribution in [-0.4, -0.2) is 14.4 Å². The van der Waals surface area contributed by atoms with E-state index in [0.717, 1.165) is 0 Å². The Hall–Kier alpha value is -1.07. The summed E-state index contributed by atoms with van der Waals surface area (Å²) in [6, 6.07) is 7.59. The van der Waals surface area contributed by atoms with Crippen LogP contribution in [-0.2, 0) is 19.1 Å². The number of benzene rings is 1. The van der Waals surface area contributed by atoms with Crippen LogP contribution in [0.1, 0.15) is 19.8 Å². The monoisotopic (exact) mass is 264 g/mol. The van der Waals surface area contributed by atoms with Crippen molar-refractivity contribution in [2.24, 2.45) is 0 Å². The molecule has 1 rings (SSSR count). The highest BCUT2D eigenvalue weighted by molar-refractivity contribution is 7.87. The number of rotatable bonds is 4. The molecule has 0 fully saturated rings. The van der Waals surface area contributed by atoms with Crippen LogP contribution in [0.4, 0.5) is 0 Å². The summed E-state index contributed by atoms with van der Waals surface area (Å²) in [6.07, 6.45) is 0.662. The molecule has 0 N–H and O–H groups in total. The van der Waals surface area contributed by atoms with Crippen molar-refractivity contribution in [2.45, 2.75) is 24.7 Å². The minimum absolute atomic E-state index is 0. The van der Waals surface area contributed by atoms with Crippen molar-refractivity contribution >= 4 is 28.5 Å². The zero-order valence-electron chi connectivity index (χ0n) is 8.75. The van der Waals surface area contributed by atoms with Crippen LogP contribution in [0, 0.1) is 0 Å². The summed E-state index contributed by atoms with van der Waals surface area (Å²) in [4.78, 5) is 11.0. The fourth-order valence-electron chi connectivity index (χ4n) is 1.00. The summed E-state index contributed by atoms with van der Waals surface area (Å²) in [5.41, 5.74) is 0. The number of hydrogen-bond acceptors (Lipinski definition) is 4. The fourth-order valence-corrected chi connectivity index (χ4v) is 1.92. The van der Waals surface area contributed by atoms with Gasteiger partial charge in [-0.1, -0.05) is 25.1 Å². The van der Waals surface area contributed by atoms with Gasteiger partial charge in [0.15, 0.2) is 0 Å². The second-order valence-electron chi connectivity index (χ2n) is 2.97. The maximum absolute atomic E-state index is 11.5. The van der Waals surface area contributed by atoms with Gasteiger partial charge >= 0.3 is 16.1 Å². The molecular weight excluding hydrogens is 252 g/mol. The van der Waals surface area contributed by atoms with E-state index < -0.39 is 16.1 Å². The van der Waals surface area contributed by atoms with E-state index in [1.807, 2.05) is 0 Å². The van der Waals surface area contributed by atoms with E-state index in [9.17, 15) is 13.2 Å². The number of hydrogen-bond donors (Lipinski definition) is 0. The molecule has 0 aliphatic rings. The molecule has 0 atom stereocenters. The van der Waals surface area contributed by atoms with Gasteiger partial charge in [-0.05, 0) is 18.6 Å². The van der Waals surface area contributed by atoms with E-state index in [0.29, 0.717) is 6.42 Å². The lowest BCUT2D eigenvalue weighted by atomic mass is 10.4. The van der Waals surface area contributed by atoms with Crippen molar-refractivity contribution in [3.63, 3.8) is 0 Å². The van der Waals surface area contributed by atoms with Gasteiger partial charge in [0.25, 0.3) is 0 Å². The van der Waals surface area contributed by atoms with Gasteiger partial charge in [-0.15, -0.1) is 12.4 Å². The van der Waals surface area contributed by atoms with E-state index >= 15 is 0 Å². The Bertz CT molecular complexity index is 427. The highest BCUT2D eigenvalue weighted by Crippen LogP contribution is 2.12. The third kappa shape index (κ3) is 4.20. The lowest BCUT2D eigenvalue weighted by Gasteiger charge is -2.04. The van der Waals surface area contributed by atoms with Crippen molar-refractivity contribution in [3.8, 4) is 0 Å². The first kappa shape index (κ1) is 14.9. The van der Waals surface area contributed by atoms with Crippen LogP contribution in [0.25, 0.3) is 0 Å². The average Bonchev–Trinajstić information content (AvgIpc) is 2.18. The summed E-state index contributed by atoms with van der Waals surface area (Å²) < 4.78 is 27.3. The van der Waals surface area contributed by atoms with Crippen molar-refractivity contribution in [1.29, 1.82) is 0 Å². The molecule has 0 saturated heterocycles. The standard InChI is InChI=1S/C10H12O4S.ClH/c1-2-6-10(11)14-15(12,13)9-7-4-3-5-8-9;/h3-5,7-8H,2,6H2,1H3;1H. The maximum atomic E-state index is 11.5. The molecule has 90 valence electrons. The van der Waals surface area contributed by atoms with E-state index in [1.165, 1.54) is 12.1 Å². The lowest BCUT2D eigenvalue weighted by Crippen LogP contribution is -2.12. The average molecular weight is 265 g/mol. The topological polar surface area (TPSA) is 60.4 Å². The van der Waals surface area contributed by atoms with Gasteiger partial charge in [0.05, 0.1) is 0 Å². The van der Waals surface area contributed by atoms with Gasteiger partial charge in [0.1, 0.15) is 4.90 Å². The van der Waals surface area contributed by atoms with Crippen molar-refractivity contribution in [1.82, 2.24) is 0 Å².